The van der Waals surface area contributed by atoms with Crippen LogP contribution in [0.5, 0.6) is 5.75 Å². The van der Waals surface area contributed by atoms with Crippen LogP contribution in [0.1, 0.15) is 10.4 Å². The molecule has 0 spiro atoms. The molecule has 0 aliphatic rings. The standard InChI is InChI=1S/C15H15ClN2O3/c1-18(10-4-6-11(20-2)7-5-10)14-12(15(19)21-3)8-9-13(16)17-14/h4-9H,1-3H3. The molecule has 0 amide bonds. The van der Waals surface area contributed by atoms with Crippen LogP contribution in [0.3, 0.4) is 0 Å². The molecule has 2 aromatic rings. The fourth-order valence-corrected chi connectivity index (χ4v) is 2.02. The number of hydrogen-bond acceptors (Lipinski definition) is 5. The molecular weight excluding hydrogens is 292 g/mol. The first-order chi connectivity index (χ1) is 10.1. The number of methoxy groups -OCH3 is 2. The molecular formula is C15H15ClN2O3. The zero-order valence-electron chi connectivity index (χ0n) is 12.0. The number of hydrogen-bond donors (Lipinski definition) is 0. The molecule has 0 radical (unpaired) electrons. The number of aromatic nitrogens is 1. The summed E-state index contributed by atoms with van der Waals surface area (Å²) in [5, 5.41) is 0.304. The molecule has 0 saturated heterocycles. The summed E-state index contributed by atoms with van der Waals surface area (Å²) in [6, 6.07) is 10.5. The summed E-state index contributed by atoms with van der Waals surface area (Å²) in [5.74, 6) is 0.716. The van der Waals surface area contributed by atoms with E-state index in [9.17, 15) is 4.79 Å². The summed E-state index contributed by atoms with van der Waals surface area (Å²) in [6.45, 7) is 0. The van der Waals surface area contributed by atoms with Crippen LogP contribution in [0, 0.1) is 0 Å². The van der Waals surface area contributed by atoms with Crippen molar-refractivity contribution in [2.75, 3.05) is 26.2 Å². The summed E-state index contributed by atoms with van der Waals surface area (Å²) in [5.41, 5.74) is 1.19. The van der Waals surface area contributed by atoms with Gasteiger partial charge in [-0.25, -0.2) is 9.78 Å². The zero-order chi connectivity index (χ0) is 15.4. The van der Waals surface area contributed by atoms with Gasteiger partial charge < -0.3 is 14.4 Å². The highest BCUT2D eigenvalue weighted by Gasteiger charge is 2.18. The highest BCUT2D eigenvalue weighted by molar-refractivity contribution is 6.29. The van der Waals surface area contributed by atoms with Crippen molar-refractivity contribution >= 4 is 29.1 Å². The van der Waals surface area contributed by atoms with E-state index in [2.05, 4.69) is 4.98 Å². The lowest BCUT2D eigenvalue weighted by molar-refractivity contribution is 0.0601. The minimum atomic E-state index is -0.463. The number of nitrogens with zero attached hydrogens (tertiary/aromatic N) is 2. The summed E-state index contributed by atoms with van der Waals surface area (Å²) in [7, 11) is 4.73. The predicted octanol–water partition coefficient (Wildman–Crippen LogP) is 3.30. The highest BCUT2D eigenvalue weighted by atomic mass is 35.5. The third kappa shape index (κ3) is 3.25. The molecule has 0 N–H and O–H groups in total. The normalized spacial score (nSPS) is 10.1. The molecule has 5 nitrogen and oxygen atoms in total. The Morgan fingerprint density at radius 3 is 2.38 bits per heavy atom. The average molecular weight is 307 g/mol. The van der Waals surface area contributed by atoms with Crippen LogP contribution in [0.4, 0.5) is 11.5 Å². The molecule has 0 aliphatic carbocycles. The van der Waals surface area contributed by atoms with Gasteiger partial charge in [0.05, 0.1) is 14.2 Å². The van der Waals surface area contributed by atoms with Gasteiger partial charge >= 0.3 is 5.97 Å². The largest absolute Gasteiger partial charge is 0.497 e. The molecule has 0 saturated carbocycles. The Bertz CT molecular complexity index is 644. The molecule has 0 bridgehead atoms. The van der Waals surface area contributed by atoms with E-state index in [4.69, 9.17) is 21.1 Å². The Morgan fingerprint density at radius 1 is 1.14 bits per heavy atom. The van der Waals surface area contributed by atoms with Gasteiger partial charge in [-0.05, 0) is 36.4 Å². The fraction of sp³-hybridized carbons (Fsp3) is 0.200. The minimum absolute atomic E-state index is 0.304. The molecule has 1 aromatic heterocycles. The highest BCUT2D eigenvalue weighted by Crippen LogP contribution is 2.28. The third-order valence-corrected chi connectivity index (χ3v) is 3.23. The molecule has 1 heterocycles. The molecule has 21 heavy (non-hydrogen) atoms. The van der Waals surface area contributed by atoms with Crippen LogP contribution in [0.15, 0.2) is 36.4 Å². The quantitative estimate of drug-likeness (QED) is 0.641. The van der Waals surface area contributed by atoms with Gasteiger partial charge in [0.15, 0.2) is 0 Å². The fourth-order valence-electron chi connectivity index (χ4n) is 1.88. The van der Waals surface area contributed by atoms with E-state index >= 15 is 0 Å². The van der Waals surface area contributed by atoms with Crippen molar-refractivity contribution < 1.29 is 14.3 Å². The molecule has 110 valence electrons. The molecule has 1 aromatic carbocycles. The van der Waals surface area contributed by atoms with E-state index in [0.717, 1.165) is 11.4 Å². The summed E-state index contributed by atoms with van der Waals surface area (Å²) >= 11 is 5.93. The number of carbonyl (C=O) groups is 1. The Labute approximate surface area is 128 Å². The molecule has 0 fully saturated rings. The van der Waals surface area contributed by atoms with Crippen LogP contribution in [0.2, 0.25) is 5.15 Å². The van der Waals surface area contributed by atoms with E-state index in [1.54, 1.807) is 31.2 Å². The van der Waals surface area contributed by atoms with E-state index in [-0.39, 0.29) is 0 Å². The maximum Gasteiger partial charge on any atom is 0.341 e. The van der Waals surface area contributed by atoms with Crippen molar-refractivity contribution in [3.63, 3.8) is 0 Å². The van der Waals surface area contributed by atoms with E-state index < -0.39 is 5.97 Å². The first-order valence-electron chi connectivity index (χ1n) is 6.19. The average Bonchev–Trinajstić information content (AvgIpc) is 2.53. The van der Waals surface area contributed by atoms with Crippen LogP contribution in [0.25, 0.3) is 0 Å². The van der Waals surface area contributed by atoms with Gasteiger partial charge in [-0.3, -0.25) is 0 Å². The molecule has 0 atom stereocenters. The maximum absolute atomic E-state index is 11.8. The molecule has 2 rings (SSSR count). The first kappa shape index (κ1) is 15.1. The third-order valence-electron chi connectivity index (χ3n) is 3.02. The SMILES string of the molecule is COC(=O)c1ccc(Cl)nc1N(C)c1ccc(OC)cc1. The summed E-state index contributed by atoms with van der Waals surface area (Å²) < 4.78 is 9.89. The van der Waals surface area contributed by atoms with Crippen LogP contribution in [-0.2, 0) is 4.74 Å². The summed E-state index contributed by atoms with van der Waals surface area (Å²) in [6.07, 6.45) is 0. The molecule has 0 aliphatic heterocycles. The zero-order valence-corrected chi connectivity index (χ0v) is 12.7. The number of anilines is 2. The van der Waals surface area contributed by atoms with Crippen LogP contribution >= 0.6 is 11.6 Å². The second-order valence-electron chi connectivity index (χ2n) is 4.25. The van der Waals surface area contributed by atoms with Crippen molar-refractivity contribution in [2.24, 2.45) is 0 Å². The van der Waals surface area contributed by atoms with Gasteiger partial charge in [0.1, 0.15) is 22.3 Å². The van der Waals surface area contributed by atoms with Crippen molar-refractivity contribution in [2.45, 2.75) is 0 Å². The van der Waals surface area contributed by atoms with Gasteiger partial charge in [0.2, 0.25) is 0 Å². The van der Waals surface area contributed by atoms with Gasteiger partial charge in [0.25, 0.3) is 0 Å². The smallest absolute Gasteiger partial charge is 0.341 e. The molecule has 0 unspecified atom stereocenters. The Morgan fingerprint density at radius 2 is 1.81 bits per heavy atom. The lowest BCUT2D eigenvalue weighted by Crippen LogP contribution is -2.16. The maximum atomic E-state index is 11.8. The van der Waals surface area contributed by atoms with Gasteiger partial charge in [-0.2, -0.15) is 0 Å². The Balaban J connectivity index is 2.43. The van der Waals surface area contributed by atoms with Crippen molar-refractivity contribution in [1.29, 1.82) is 0 Å². The van der Waals surface area contributed by atoms with E-state index in [1.807, 2.05) is 24.3 Å². The number of halogens is 1. The molecule has 6 heteroatoms. The Hall–Kier alpha value is -2.27. The van der Waals surface area contributed by atoms with Crippen LogP contribution in [-0.4, -0.2) is 32.2 Å². The first-order valence-corrected chi connectivity index (χ1v) is 6.57. The van der Waals surface area contributed by atoms with Gasteiger partial charge in [-0.15, -0.1) is 0 Å². The number of carbonyl (C=O) groups excluding carboxylic acids is 1. The number of pyridine rings is 1. The van der Waals surface area contributed by atoms with Crippen molar-refractivity contribution in [1.82, 2.24) is 4.98 Å². The van der Waals surface area contributed by atoms with E-state index in [1.165, 1.54) is 7.11 Å². The minimum Gasteiger partial charge on any atom is -0.497 e. The Kier molecular flexibility index (Phi) is 4.65. The number of ether oxygens (including phenoxy) is 2. The predicted molar refractivity (Wildman–Crippen MR) is 81.6 cm³/mol. The van der Waals surface area contributed by atoms with Crippen LogP contribution < -0.4 is 9.64 Å². The monoisotopic (exact) mass is 306 g/mol. The van der Waals surface area contributed by atoms with Crippen molar-refractivity contribution in [3.05, 3.63) is 47.1 Å². The topological polar surface area (TPSA) is 51.7 Å². The van der Waals surface area contributed by atoms with Gasteiger partial charge in [0, 0.05) is 12.7 Å². The number of esters is 1. The number of benzene rings is 1. The number of rotatable bonds is 4. The lowest BCUT2D eigenvalue weighted by atomic mass is 10.2. The summed E-state index contributed by atoms with van der Waals surface area (Å²) in [4.78, 5) is 17.8. The van der Waals surface area contributed by atoms with Crippen molar-refractivity contribution in [3.8, 4) is 5.75 Å². The second kappa shape index (κ2) is 6.45. The lowest BCUT2D eigenvalue weighted by Gasteiger charge is -2.21. The second-order valence-corrected chi connectivity index (χ2v) is 4.64. The van der Waals surface area contributed by atoms with Gasteiger partial charge in [-0.1, -0.05) is 11.6 Å². The van der Waals surface area contributed by atoms with E-state index in [0.29, 0.717) is 16.5 Å².